The van der Waals surface area contributed by atoms with Gasteiger partial charge in [-0.3, -0.25) is 24.1 Å². The lowest BCUT2D eigenvalue weighted by Crippen LogP contribution is -2.46. The largest absolute Gasteiger partial charge is 0.508 e. The second kappa shape index (κ2) is 7.77. The van der Waals surface area contributed by atoms with E-state index in [1.807, 2.05) is 26.8 Å². The average molecular weight is 476 g/mol. The minimum atomic E-state index is -0.652. The summed E-state index contributed by atoms with van der Waals surface area (Å²) in [7, 11) is 1.48. The number of carbonyl (C=O) groups is 4. The van der Waals surface area contributed by atoms with E-state index in [1.165, 1.54) is 30.2 Å². The number of ether oxygens (including phenoxy) is 1. The second-order valence-corrected chi connectivity index (χ2v) is 10.8. The summed E-state index contributed by atoms with van der Waals surface area (Å²) < 4.78 is 5.56. The maximum Gasteiger partial charge on any atom is 0.234 e. The first kappa shape index (κ1) is 23.3. The summed E-state index contributed by atoms with van der Waals surface area (Å²) in [5.41, 5.74) is 2.03. The van der Waals surface area contributed by atoms with Gasteiger partial charge in [-0.05, 0) is 58.6 Å². The number of fused-ring (bicyclic) bond motifs is 3. The minimum Gasteiger partial charge on any atom is -0.508 e. The smallest absolute Gasteiger partial charge is 0.234 e. The third-order valence-electron chi connectivity index (χ3n) is 7.76. The number of hydrogen-bond acceptors (Lipinski definition) is 6. The fourth-order valence-corrected chi connectivity index (χ4v) is 6.32. The van der Waals surface area contributed by atoms with Crippen molar-refractivity contribution in [3.63, 3.8) is 0 Å². The van der Waals surface area contributed by atoms with Crippen LogP contribution in [0.5, 0.6) is 11.5 Å². The molecule has 3 aliphatic carbocycles. The predicted molar refractivity (Wildman–Crippen MR) is 128 cm³/mol. The maximum absolute atomic E-state index is 13.7. The third-order valence-corrected chi connectivity index (χ3v) is 7.76. The van der Waals surface area contributed by atoms with Gasteiger partial charge in [0.2, 0.25) is 11.8 Å². The zero-order chi connectivity index (χ0) is 25.4. The summed E-state index contributed by atoms with van der Waals surface area (Å²) in [5.74, 6) is -2.48. The van der Waals surface area contributed by atoms with Crippen LogP contribution in [0.2, 0.25) is 0 Å². The van der Waals surface area contributed by atoms with Gasteiger partial charge in [-0.1, -0.05) is 17.7 Å². The van der Waals surface area contributed by atoms with Crippen molar-refractivity contribution in [3.05, 3.63) is 58.2 Å². The molecule has 0 saturated carbocycles. The molecule has 2 amide bonds. The van der Waals surface area contributed by atoms with Gasteiger partial charge in [-0.25, -0.2) is 0 Å². The number of nitrogens with zero attached hydrogens (tertiary/aromatic N) is 1. The number of Topliss-reactive ketones (excluding diaryl/α,β-unsaturated/α-hetero) is 1. The first-order valence-electron chi connectivity index (χ1n) is 11.9. The highest BCUT2D eigenvalue weighted by Crippen LogP contribution is 2.56. The van der Waals surface area contributed by atoms with Gasteiger partial charge in [0.15, 0.2) is 11.6 Å². The number of benzene rings is 1. The van der Waals surface area contributed by atoms with E-state index in [9.17, 15) is 24.3 Å². The average Bonchev–Trinajstić information content (AvgIpc) is 3.06. The van der Waals surface area contributed by atoms with Crippen molar-refractivity contribution in [1.82, 2.24) is 4.90 Å². The number of phenols is 1. The Morgan fingerprint density at radius 3 is 2.43 bits per heavy atom. The van der Waals surface area contributed by atoms with E-state index in [-0.39, 0.29) is 41.5 Å². The monoisotopic (exact) mass is 475 g/mol. The molecule has 1 fully saturated rings. The molecule has 182 valence electrons. The van der Waals surface area contributed by atoms with Crippen LogP contribution in [0.15, 0.2) is 52.6 Å². The number of rotatable bonds is 2. The van der Waals surface area contributed by atoms with Crippen LogP contribution in [0.1, 0.15) is 52.0 Å². The van der Waals surface area contributed by atoms with Crippen LogP contribution >= 0.6 is 0 Å². The lowest BCUT2D eigenvalue weighted by Gasteiger charge is -2.42. The Labute approximate surface area is 204 Å². The van der Waals surface area contributed by atoms with Crippen LogP contribution < -0.4 is 4.74 Å². The Balaban J connectivity index is 1.71. The first-order chi connectivity index (χ1) is 16.5. The zero-order valence-electron chi connectivity index (χ0n) is 20.5. The van der Waals surface area contributed by atoms with Crippen molar-refractivity contribution in [2.24, 2.45) is 17.8 Å². The molecule has 1 aromatic rings. The number of aromatic hydroxyl groups is 1. The topological polar surface area (TPSA) is 101 Å². The molecule has 0 unspecified atom stereocenters. The Morgan fingerprint density at radius 2 is 1.77 bits per heavy atom. The first-order valence-corrected chi connectivity index (χ1v) is 11.9. The van der Waals surface area contributed by atoms with Gasteiger partial charge in [0, 0.05) is 39.8 Å². The van der Waals surface area contributed by atoms with Crippen molar-refractivity contribution in [1.29, 1.82) is 0 Å². The molecule has 1 heterocycles. The summed E-state index contributed by atoms with van der Waals surface area (Å²) in [6.45, 7) is 7.16. The highest BCUT2D eigenvalue weighted by Gasteiger charge is 2.58. The van der Waals surface area contributed by atoms with E-state index < -0.39 is 23.3 Å². The fourth-order valence-electron chi connectivity index (χ4n) is 6.32. The Hall–Kier alpha value is -3.48. The molecule has 0 spiro atoms. The van der Waals surface area contributed by atoms with Crippen LogP contribution in [-0.4, -0.2) is 46.0 Å². The molecular weight excluding hydrogens is 446 g/mol. The van der Waals surface area contributed by atoms with Gasteiger partial charge in [-0.15, -0.1) is 0 Å². The van der Waals surface area contributed by atoms with Gasteiger partial charge in [-0.2, -0.15) is 0 Å². The van der Waals surface area contributed by atoms with E-state index in [4.69, 9.17) is 4.74 Å². The van der Waals surface area contributed by atoms with Crippen molar-refractivity contribution in [2.75, 3.05) is 7.11 Å². The number of likely N-dealkylation sites (tertiary alicyclic amines) is 1. The predicted octanol–water partition coefficient (Wildman–Crippen LogP) is 3.63. The number of allylic oxidation sites excluding steroid dienone is 6. The second-order valence-electron chi connectivity index (χ2n) is 10.8. The van der Waals surface area contributed by atoms with Gasteiger partial charge in [0.1, 0.15) is 11.5 Å². The number of imide groups is 1. The van der Waals surface area contributed by atoms with Gasteiger partial charge in [0.05, 0.1) is 18.9 Å². The summed E-state index contributed by atoms with van der Waals surface area (Å²) in [6, 6.07) is 4.71. The molecule has 7 nitrogen and oxygen atoms in total. The van der Waals surface area contributed by atoms with Crippen LogP contribution in [0.4, 0.5) is 0 Å². The third kappa shape index (κ3) is 3.32. The zero-order valence-corrected chi connectivity index (χ0v) is 20.5. The molecule has 35 heavy (non-hydrogen) atoms. The van der Waals surface area contributed by atoms with Crippen molar-refractivity contribution in [3.8, 4) is 11.5 Å². The van der Waals surface area contributed by atoms with E-state index in [1.54, 1.807) is 13.0 Å². The number of hydrogen-bond donors (Lipinski definition) is 1. The van der Waals surface area contributed by atoms with Crippen molar-refractivity contribution < 1.29 is 29.0 Å². The molecule has 7 heteroatoms. The Morgan fingerprint density at radius 1 is 1.06 bits per heavy atom. The fraction of sp³-hybridized carbons (Fsp3) is 0.429. The quantitative estimate of drug-likeness (QED) is 0.398. The number of phenolic OH excluding ortho intramolecular Hbond substituents is 1. The molecule has 1 saturated heterocycles. The van der Waals surface area contributed by atoms with Gasteiger partial charge in [0.25, 0.3) is 0 Å². The number of carbonyl (C=O) groups excluding carboxylic acids is 4. The van der Waals surface area contributed by atoms with Crippen LogP contribution in [0.3, 0.4) is 0 Å². The van der Waals surface area contributed by atoms with Crippen LogP contribution in [0.25, 0.3) is 0 Å². The lowest BCUT2D eigenvalue weighted by molar-refractivity contribution is -0.145. The SMILES string of the molecule is COc1cc(O)ccc1[C@H]1C2=CC[C@@H]3C(=O)N(C(C)(C)C)C(=O)[C@@H]3[C@@H]2CC2=C1C(=O)C(C)=CC2=O. The van der Waals surface area contributed by atoms with Crippen LogP contribution in [0, 0.1) is 17.8 Å². The summed E-state index contributed by atoms with van der Waals surface area (Å²) in [5, 5.41) is 10.0. The standard InChI is InChI=1S/C28H29NO6/c1-13-10-20(31)19-12-18-15(8-9-17-23(18)27(34)29(26(17)33)28(2,3)4)22(24(19)25(13)32)16-7-6-14(30)11-21(16)35-5/h6-8,10-11,17-18,22-23,30H,9,12H2,1-5H3/t17-,18+,22+,23-/m0/s1. The molecule has 1 N–H and O–H groups in total. The van der Waals surface area contributed by atoms with E-state index in [0.29, 0.717) is 34.5 Å². The highest BCUT2D eigenvalue weighted by molar-refractivity contribution is 6.24. The number of amides is 2. The molecule has 1 aromatic carbocycles. The molecule has 5 rings (SSSR count). The summed E-state index contributed by atoms with van der Waals surface area (Å²) in [6.07, 6.45) is 3.98. The maximum atomic E-state index is 13.7. The number of methoxy groups -OCH3 is 1. The van der Waals surface area contributed by atoms with Crippen molar-refractivity contribution >= 4 is 23.4 Å². The molecule has 4 atom stereocenters. The van der Waals surface area contributed by atoms with E-state index in [2.05, 4.69) is 0 Å². The molecule has 1 aliphatic heterocycles. The minimum absolute atomic E-state index is 0.0179. The van der Waals surface area contributed by atoms with Crippen LogP contribution in [-0.2, 0) is 19.2 Å². The van der Waals surface area contributed by atoms with E-state index >= 15 is 0 Å². The molecule has 0 aromatic heterocycles. The Kier molecular flexibility index (Phi) is 5.16. The molecule has 4 aliphatic rings. The number of ketones is 2. The van der Waals surface area contributed by atoms with Gasteiger partial charge < -0.3 is 9.84 Å². The summed E-state index contributed by atoms with van der Waals surface area (Å²) in [4.78, 5) is 54.9. The van der Waals surface area contributed by atoms with Crippen molar-refractivity contribution in [2.45, 2.75) is 52.0 Å². The van der Waals surface area contributed by atoms with E-state index in [0.717, 1.165) is 5.57 Å². The normalized spacial score (nSPS) is 28.4. The molecule has 0 bridgehead atoms. The summed E-state index contributed by atoms with van der Waals surface area (Å²) >= 11 is 0. The Bertz CT molecular complexity index is 1290. The lowest BCUT2D eigenvalue weighted by atomic mass is 9.59. The van der Waals surface area contributed by atoms with Gasteiger partial charge >= 0.3 is 0 Å². The molecule has 0 radical (unpaired) electrons. The molecular formula is C28H29NO6. The highest BCUT2D eigenvalue weighted by atomic mass is 16.5.